The summed E-state index contributed by atoms with van der Waals surface area (Å²) in [6, 6.07) is 9.78. The lowest BCUT2D eigenvalue weighted by atomic mass is 10.2. The molecule has 0 saturated heterocycles. The summed E-state index contributed by atoms with van der Waals surface area (Å²) in [6.07, 6.45) is 0. The van der Waals surface area contributed by atoms with Gasteiger partial charge in [-0.2, -0.15) is 0 Å². The fourth-order valence-corrected chi connectivity index (χ4v) is 4.61. The zero-order valence-corrected chi connectivity index (χ0v) is 16.5. The van der Waals surface area contributed by atoms with Crippen LogP contribution in [-0.2, 0) is 0 Å². The lowest BCUT2D eigenvalue weighted by Crippen LogP contribution is -2.09. The topological polar surface area (TPSA) is 50.7 Å². The maximum Gasteiger partial charge on any atom is 0.260 e. The highest BCUT2D eigenvalue weighted by atomic mass is 35.5. The molecule has 0 aliphatic rings. The van der Waals surface area contributed by atoms with Gasteiger partial charge in [-0.25, -0.2) is 4.98 Å². The van der Waals surface area contributed by atoms with Gasteiger partial charge in [-0.15, -0.1) is 11.3 Å². The summed E-state index contributed by atoms with van der Waals surface area (Å²) in [6.45, 7) is 8.05. The highest BCUT2D eigenvalue weighted by Crippen LogP contribution is 2.31. The monoisotopic (exact) mass is 383 g/mol. The number of benzene rings is 1. The average molecular weight is 384 g/mol. The molecule has 0 spiro atoms. The fraction of sp³-hybridized carbons (Fsp3) is 0.200. The van der Waals surface area contributed by atoms with Gasteiger partial charge in [0.2, 0.25) is 0 Å². The number of hydrogen-bond donors (Lipinski definition) is 1. The van der Waals surface area contributed by atoms with Gasteiger partial charge >= 0.3 is 0 Å². The van der Waals surface area contributed by atoms with Crippen molar-refractivity contribution in [1.82, 2.24) is 14.5 Å². The standard InChI is InChI=1S/C20H18ClN3OS/c1-10-8-16(12(3)24(10)15-7-5-6-14(21)9-15)18-22-19(25)17-11(2)13(4)26-20(17)23-18/h5-9H,1-4H3,(H,22,23,25). The molecule has 3 heterocycles. The first-order valence-corrected chi connectivity index (χ1v) is 9.51. The van der Waals surface area contributed by atoms with Crippen LogP contribution in [0, 0.1) is 27.7 Å². The summed E-state index contributed by atoms with van der Waals surface area (Å²) in [7, 11) is 0. The van der Waals surface area contributed by atoms with Crippen LogP contribution >= 0.6 is 22.9 Å². The van der Waals surface area contributed by atoms with E-state index in [9.17, 15) is 4.79 Å². The molecule has 0 aliphatic carbocycles. The first kappa shape index (κ1) is 17.1. The second-order valence-corrected chi connectivity index (χ2v) is 8.12. The zero-order chi connectivity index (χ0) is 18.6. The molecule has 4 nitrogen and oxygen atoms in total. The summed E-state index contributed by atoms with van der Waals surface area (Å²) < 4.78 is 2.12. The summed E-state index contributed by atoms with van der Waals surface area (Å²) in [5, 5.41) is 1.38. The number of H-pyrrole nitrogens is 1. The Hall–Kier alpha value is -2.37. The molecule has 0 fully saturated rings. The SMILES string of the molecule is Cc1sc2nc(-c3cc(C)n(-c4cccc(Cl)c4)c3C)[nH]c(=O)c2c1C. The number of nitrogens with zero attached hydrogens (tertiary/aromatic N) is 2. The lowest BCUT2D eigenvalue weighted by Gasteiger charge is -2.10. The highest BCUT2D eigenvalue weighted by molar-refractivity contribution is 7.18. The van der Waals surface area contributed by atoms with E-state index < -0.39 is 0 Å². The number of hydrogen-bond acceptors (Lipinski definition) is 3. The van der Waals surface area contributed by atoms with E-state index in [1.54, 1.807) is 11.3 Å². The number of halogens is 1. The van der Waals surface area contributed by atoms with Crippen molar-refractivity contribution in [1.29, 1.82) is 0 Å². The Balaban J connectivity index is 1.94. The molecule has 0 atom stereocenters. The number of fused-ring (bicyclic) bond motifs is 1. The third-order valence-electron chi connectivity index (χ3n) is 4.79. The number of aryl methyl sites for hydroxylation is 3. The van der Waals surface area contributed by atoms with Crippen molar-refractivity contribution in [2.24, 2.45) is 0 Å². The van der Waals surface area contributed by atoms with Crippen LogP contribution in [0.25, 0.3) is 27.3 Å². The Bertz CT molecular complexity index is 1220. The molecule has 26 heavy (non-hydrogen) atoms. The van der Waals surface area contributed by atoms with Crippen LogP contribution in [-0.4, -0.2) is 14.5 Å². The molecule has 3 aromatic heterocycles. The van der Waals surface area contributed by atoms with Gasteiger partial charge in [-0.3, -0.25) is 4.79 Å². The summed E-state index contributed by atoms with van der Waals surface area (Å²) >= 11 is 7.72. The maximum absolute atomic E-state index is 12.6. The molecule has 4 rings (SSSR count). The minimum Gasteiger partial charge on any atom is -0.318 e. The zero-order valence-electron chi connectivity index (χ0n) is 15.0. The van der Waals surface area contributed by atoms with Gasteiger partial charge < -0.3 is 9.55 Å². The normalized spacial score (nSPS) is 11.4. The smallest absolute Gasteiger partial charge is 0.260 e. The predicted molar refractivity (Wildman–Crippen MR) is 109 cm³/mol. The molecular formula is C20H18ClN3OS. The molecule has 0 unspecified atom stereocenters. The molecule has 6 heteroatoms. The maximum atomic E-state index is 12.6. The van der Waals surface area contributed by atoms with Crippen LogP contribution in [0.2, 0.25) is 5.02 Å². The molecule has 0 bridgehead atoms. The molecule has 0 saturated carbocycles. The Morgan fingerprint density at radius 2 is 1.92 bits per heavy atom. The van der Waals surface area contributed by atoms with E-state index in [0.717, 1.165) is 37.9 Å². The minimum atomic E-state index is -0.0839. The van der Waals surface area contributed by atoms with Crippen LogP contribution in [0.3, 0.4) is 0 Å². The number of rotatable bonds is 2. The number of aromatic amines is 1. The van der Waals surface area contributed by atoms with Crippen LogP contribution in [0.4, 0.5) is 0 Å². The van der Waals surface area contributed by atoms with E-state index >= 15 is 0 Å². The summed E-state index contributed by atoms with van der Waals surface area (Å²) in [4.78, 5) is 22.2. The van der Waals surface area contributed by atoms with E-state index in [1.165, 1.54) is 0 Å². The van der Waals surface area contributed by atoms with Crippen LogP contribution in [0.1, 0.15) is 21.8 Å². The van der Waals surface area contributed by atoms with Crippen molar-refractivity contribution >= 4 is 33.2 Å². The summed E-state index contributed by atoms with van der Waals surface area (Å²) in [5.74, 6) is 0.602. The Morgan fingerprint density at radius 1 is 1.15 bits per heavy atom. The van der Waals surface area contributed by atoms with E-state index in [2.05, 4.69) is 9.55 Å². The molecule has 4 aromatic rings. The van der Waals surface area contributed by atoms with Crippen molar-refractivity contribution in [2.75, 3.05) is 0 Å². The van der Waals surface area contributed by atoms with Crippen molar-refractivity contribution in [3.05, 3.63) is 67.5 Å². The first-order valence-electron chi connectivity index (χ1n) is 8.32. The number of thiophene rings is 1. The van der Waals surface area contributed by atoms with Gasteiger partial charge in [-0.05, 0) is 57.5 Å². The molecule has 132 valence electrons. The average Bonchev–Trinajstić information content (AvgIpc) is 3.04. The van der Waals surface area contributed by atoms with Gasteiger partial charge in [0.25, 0.3) is 5.56 Å². The van der Waals surface area contributed by atoms with Gasteiger partial charge in [0.1, 0.15) is 10.7 Å². The number of aromatic nitrogens is 3. The molecule has 1 aromatic carbocycles. The quantitative estimate of drug-likeness (QED) is 0.508. The second kappa shape index (κ2) is 6.11. The Morgan fingerprint density at radius 3 is 2.65 bits per heavy atom. The van der Waals surface area contributed by atoms with E-state index in [1.807, 2.05) is 58.0 Å². The van der Waals surface area contributed by atoms with E-state index in [0.29, 0.717) is 16.2 Å². The van der Waals surface area contributed by atoms with Gasteiger partial charge in [0, 0.05) is 32.5 Å². The van der Waals surface area contributed by atoms with Gasteiger partial charge in [0.05, 0.1) is 5.39 Å². The Labute approximate surface area is 160 Å². The lowest BCUT2D eigenvalue weighted by molar-refractivity contribution is 0.965. The summed E-state index contributed by atoms with van der Waals surface area (Å²) in [5.41, 5.74) is 4.91. The number of nitrogens with one attached hydrogen (secondary N) is 1. The largest absolute Gasteiger partial charge is 0.318 e. The molecule has 0 amide bonds. The molecule has 0 radical (unpaired) electrons. The van der Waals surface area contributed by atoms with Crippen molar-refractivity contribution < 1.29 is 0 Å². The van der Waals surface area contributed by atoms with Gasteiger partial charge in [-0.1, -0.05) is 17.7 Å². The third-order valence-corrected chi connectivity index (χ3v) is 6.13. The minimum absolute atomic E-state index is 0.0839. The first-order chi connectivity index (χ1) is 12.4. The molecule has 1 N–H and O–H groups in total. The third kappa shape index (κ3) is 2.59. The van der Waals surface area contributed by atoms with E-state index in [-0.39, 0.29) is 5.56 Å². The van der Waals surface area contributed by atoms with Gasteiger partial charge in [0.15, 0.2) is 0 Å². The van der Waals surface area contributed by atoms with Crippen LogP contribution in [0.15, 0.2) is 35.1 Å². The van der Waals surface area contributed by atoms with Crippen molar-refractivity contribution in [3.63, 3.8) is 0 Å². The molecule has 0 aliphatic heterocycles. The van der Waals surface area contributed by atoms with Crippen LogP contribution < -0.4 is 5.56 Å². The molecular weight excluding hydrogens is 366 g/mol. The van der Waals surface area contributed by atoms with Crippen molar-refractivity contribution in [3.8, 4) is 17.1 Å². The van der Waals surface area contributed by atoms with Crippen LogP contribution in [0.5, 0.6) is 0 Å². The van der Waals surface area contributed by atoms with Crippen molar-refractivity contribution in [2.45, 2.75) is 27.7 Å². The fourth-order valence-electron chi connectivity index (χ4n) is 3.40. The Kier molecular flexibility index (Phi) is 4.01. The van der Waals surface area contributed by atoms with E-state index in [4.69, 9.17) is 16.6 Å². The second-order valence-electron chi connectivity index (χ2n) is 6.48. The highest BCUT2D eigenvalue weighted by Gasteiger charge is 2.17. The predicted octanol–water partition coefficient (Wildman–Crippen LogP) is 5.33.